The molecule has 25 heavy (non-hydrogen) atoms. The lowest BCUT2D eigenvalue weighted by Crippen LogP contribution is -2.51. The SMILES string of the molecule is Cc1cccc(Cl)c1NC(=O)N1CC[C@H](N(C)C)[C@H](CCC(=O)O)C1. The average molecular weight is 368 g/mol. The normalized spacial score (nSPS) is 20.6. The molecule has 0 bridgehead atoms. The van der Waals surface area contributed by atoms with Crippen LogP contribution in [0.2, 0.25) is 5.02 Å². The third-order valence-electron chi connectivity index (χ3n) is 4.83. The molecule has 0 aromatic heterocycles. The van der Waals surface area contributed by atoms with Gasteiger partial charge in [-0.15, -0.1) is 0 Å². The molecule has 1 aliphatic rings. The van der Waals surface area contributed by atoms with Crippen molar-refractivity contribution in [2.45, 2.75) is 32.2 Å². The highest BCUT2D eigenvalue weighted by Crippen LogP contribution is 2.28. The predicted octanol–water partition coefficient (Wildman–Crippen LogP) is 3.30. The van der Waals surface area contributed by atoms with E-state index in [9.17, 15) is 9.59 Å². The Morgan fingerprint density at radius 2 is 2.12 bits per heavy atom. The highest BCUT2D eigenvalue weighted by molar-refractivity contribution is 6.33. The molecule has 1 saturated heterocycles. The lowest BCUT2D eigenvalue weighted by Gasteiger charge is -2.41. The van der Waals surface area contributed by atoms with Gasteiger partial charge in [-0.05, 0) is 51.4 Å². The van der Waals surface area contributed by atoms with Gasteiger partial charge in [0.05, 0.1) is 10.7 Å². The number of likely N-dealkylation sites (tertiary alicyclic amines) is 1. The van der Waals surface area contributed by atoms with E-state index in [1.807, 2.05) is 33.2 Å². The molecule has 1 fully saturated rings. The molecule has 2 rings (SSSR count). The highest BCUT2D eigenvalue weighted by Gasteiger charge is 2.33. The van der Waals surface area contributed by atoms with E-state index in [4.69, 9.17) is 16.7 Å². The van der Waals surface area contributed by atoms with Gasteiger partial charge in [0, 0.05) is 25.6 Å². The van der Waals surface area contributed by atoms with Gasteiger partial charge in [0.2, 0.25) is 0 Å². The smallest absolute Gasteiger partial charge is 0.321 e. The van der Waals surface area contributed by atoms with Gasteiger partial charge in [0.15, 0.2) is 0 Å². The molecule has 1 heterocycles. The minimum Gasteiger partial charge on any atom is -0.481 e. The number of hydrogen-bond acceptors (Lipinski definition) is 3. The van der Waals surface area contributed by atoms with E-state index < -0.39 is 5.97 Å². The van der Waals surface area contributed by atoms with E-state index in [0.29, 0.717) is 30.2 Å². The zero-order valence-corrected chi connectivity index (χ0v) is 15.7. The first-order chi connectivity index (χ1) is 11.8. The number of rotatable bonds is 5. The Bertz CT molecular complexity index is 616. The number of carbonyl (C=O) groups is 2. The summed E-state index contributed by atoms with van der Waals surface area (Å²) in [5.74, 6) is -0.663. The van der Waals surface area contributed by atoms with E-state index in [1.165, 1.54) is 0 Å². The third kappa shape index (κ3) is 5.09. The van der Waals surface area contributed by atoms with Crippen LogP contribution in [-0.2, 0) is 4.79 Å². The summed E-state index contributed by atoms with van der Waals surface area (Å²) in [7, 11) is 4.00. The molecular formula is C18H26ClN3O3. The number of nitrogens with one attached hydrogen (secondary N) is 1. The molecule has 2 atom stereocenters. The number of aliphatic carboxylic acids is 1. The fourth-order valence-corrected chi connectivity index (χ4v) is 3.72. The van der Waals surface area contributed by atoms with Crippen molar-refractivity contribution in [1.82, 2.24) is 9.80 Å². The summed E-state index contributed by atoms with van der Waals surface area (Å²) in [5, 5.41) is 12.4. The van der Waals surface area contributed by atoms with Gasteiger partial charge in [-0.3, -0.25) is 4.79 Å². The number of carbonyl (C=O) groups excluding carboxylic acids is 1. The van der Waals surface area contributed by atoms with Gasteiger partial charge in [-0.25, -0.2) is 4.79 Å². The van der Waals surface area contributed by atoms with Crippen molar-refractivity contribution < 1.29 is 14.7 Å². The van der Waals surface area contributed by atoms with Crippen molar-refractivity contribution in [2.24, 2.45) is 5.92 Å². The highest BCUT2D eigenvalue weighted by atomic mass is 35.5. The molecule has 1 aromatic rings. The number of aryl methyl sites for hydroxylation is 1. The Morgan fingerprint density at radius 1 is 1.40 bits per heavy atom. The first-order valence-electron chi connectivity index (χ1n) is 8.49. The quantitative estimate of drug-likeness (QED) is 0.837. The monoisotopic (exact) mass is 367 g/mol. The van der Waals surface area contributed by atoms with Crippen LogP contribution in [-0.4, -0.2) is 60.1 Å². The molecule has 2 amide bonds. The molecule has 6 nitrogen and oxygen atoms in total. The Hall–Kier alpha value is -1.79. The Morgan fingerprint density at radius 3 is 2.72 bits per heavy atom. The Kier molecular flexibility index (Phi) is 6.67. The number of carboxylic acids is 1. The fourth-order valence-electron chi connectivity index (χ4n) is 3.45. The fraction of sp³-hybridized carbons (Fsp3) is 0.556. The Balaban J connectivity index is 2.06. The van der Waals surface area contributed by atoms with Crippen molar-refractivity contribution >= 4 is 29.3 Å². The van der Waals surface area contributed by atoms with E-state index in [2.05, 4.69) is 10.2 Å². The van der Waals surface area contributed by atoms with Crippen LogP contribution in [0, 0.1) is 12.8 Å². The molecule has 0 aliphatic carbocycles. The molecule has 0 unspecified atom stereocenters. The first-order valence-corrected chi connectivity index (χ1v) is 8.86. The summed E-state index contributed by atoms with van der Waals surface area (Å²) >= 11 is 6.19. The van der Waals surface area contributed by atoms with E-state index in [0.717, 1.165) is 12.0 Å². The maximum atomic E-state index is 12.7. The number of piperidine rings is 1. The van der Waals surface area contributed by atoms with Crippen molar-refractivity contribution in [3.05, 3.63) is 28.8 Å². The van der Waals surface area contributed by atoms with Crippen LogP contribution < -0.4 is 5.32 Å². The molecule has 1 aromatic carbocycles. The van der Waals surface area contributed by atoms with Crippen molar-refractivity contribution in [3.63, 3.8) is 0 Å². The summed E-state index contributed by atoms with van der Waals surface area (Å²) in [4.78, 5) is 27.5. The third-order valence-corrected chi connectivity index (χ3v) is 5.14. The number of carboxylic acid groups (broad SMARTS) is 1. The number of anilines is 1. The number of amides is 2. The van der Waals surface area contributed by atoms with E-state index in [1.54, 1.807) is 11.0 Å². The summed E-state index contributed by atoms with van der Waals surface area (Å²) in [6.07, 6.45) is 1.51. The number of halogens is 1. The van der Waals surface area contributed by atoms with Crippen LogP contribution >= 0.6 is 11.6 Å². The van der Waals surface area contributed by atoms with Gasteiger partial charge < -0.3 is 20.2 Å². The van der Waals surface area contributed by atoms with Crippen LogP contribution in [0.25, 0.3) is 0 Å². The van der Waals surface area contributed by atoms with Gasteiger partial charge in [-0.2, -0.15) is 0 Å². The lowest BCUT2D eigenvalue weighted by atomic mass is 9.87. The zero-order valence-electron chi connectivity index (χ0n) is 15.0. The minimum absolute atomic E-state index is 0.119. The molecule has 0 radical (unpaired) electrons. The zero-order chi connectivity index (χ0) is 18.6. The summed E-state index contributed by atoms with van der Waals surface area (Å²) in [5.41, 5.74) is 1.54. The largest absolute Gasteiger partial charge is 0.481 e. The number of urea groups is 1. The minimum atomic E-state index is -0.800. The summed E-state index contributed by atoms with van der Waals surface area (Å²) in [6, 6.07) is 5.59. The Labute approximate surface area is 153 Å². The molecule has 138 valence electrons. The van der Waals surface area contributed by atoms with Gasteiger partial charge >= 0.3 is 12.0 Å². The maximum Gasteiger partial charge on any atom is 0.321 e. The van der Waals surface area contributed by atoms with Gasteiger partial charge in [0.1, 0.15) is 0 Å². The van der Waals surface area contributed by atoms with Crippen LogP contribution in [0.3, 0.4) is 0 Å². The summed E-state index contributed by atoms with van der Waals surface area (Å²) < 4.78 is 0. The van der Waals surface area contributed by atoms with E-state index in [-0.39, 0.29) is 24.4 Å². The van der Waals surface area contributed by atoms with Crippen molar-refractivity contribution in [1.29, 1.82) is 0 Å². The van der Waals surface area contributed by atoms with Crippen LogP contribution in [0.1, 0.15) is 24.8 Å². The van der Waals surface area contributed by atoms with Crippen molar-refractivity contribution in [3.8, 4) is 0 Å². The van der Waals surface area contributed by atoms with Crippen molar-refractivity contribution in [2.75, 3.05) is 32.5 Å². The molecular weight excluding hydrogens is 342 g/mol. The summed E-state index contributed by atoms with van der Waals surface area (Å²) in [6.45, 7) is 3.09. The molecule has 2 N–H and O–H groups in total. The van der Waals surface area contributed by atoms with E-state index >= 15 is 0 Å². The lowest BCUT2D eigenvalue weighted by molar-refractivity contribution is -0.137. The maximum absolute atomic E-state index is 12.7. The molecule has 7 heteroatoms. The van der Waals surface area contributed by atoms with Crippen LogP contribution in [0.15, 0.2) is 18.2 Å². The number of benzene rings is 1. The second-order valence-electron chi connectivity index (χ2n) is 6.82. The average Bonchev–Trinajstić information content (AvgIpc) is 2.55. The second kappa shape index (κ2) is 8.54. The van der Waals surface area contributed by atoms with Crippen LogP contribution in [0.5, 0.6) is 0 Å². The molecule has 0 spiro atoms. The topological polar surface area (TPSA) is 72.9 Å². The van der Waals surface area contributed by atoms with Gasteiger partial charge in [0.25, 0.3) is 0 Å². The van der Waals surface area contributed by atoms with Crippen LogP contribution in [0.4, 0.5) is 10.5 Å². The number of nitrogens with zero attached hydrogens (tertiary/aromatic N) is 2. The second-order valence-corrected chi connectivity index (χ2v) is 7.23. The van der Waals surface area contributed by atoms with Gasteiger partial charge in [-0.1, -0.05) is 23.7 Å². The molecule has 0 saturated carbocycles. The number of para-hydroxylation sites is 1. The first kappa shape index (κ1) is 19.5. The number of hydrogen-bond donors (Lipinski definition) is 2. The predicted molar refractivity (Wildman–Crippen MR) is 99.2 cm³/mol. The molecule has 1 aliphatic heterocycles. The standard InChI is InChI=1S/C18H26ClN3O3/c1-12-5-4-6-14(19)17(12)20-18(25)22-10-9-15(21(2)3)13(11-22)7-8-16(23)24/h4-6,13,15H,7-11H2,1-3H3,(H,20,25)(H,23,24)/t13-,15+/m1/s1.